The number of hydrogen-bond donors (Lipinski definition) is 1. The standard InChI is InChI=1S/C14H22N2O2/c1-10(2)18-13-6-4-8-15-14(13)16-11(3)12-7-5-9-17-12/h4,6,8,10-12H,5,7,9H2,1-3H3,(H,15,16). The molecule has 2 heterocycles. The van der Waals surface area contributed by atoms with E-state index in [1.807, 2.05) is 26.0 Å². The molecule has 1 aliphatic heterocycles. The molecule has 4 heteroatoms. The maximum Gasteiger partial charge on any atom is 0.169 e. The van der Waals surface area contributed by atoms with Crippen LogP contribution in [0, 0.1) is 0 Å². The summed E-state index contributed by atoms with van der Waals surface area (Å²) in [5, 5.41) is 3.40. The molecule has 1 aliphatic rings. The molecule has 100 valence electrons. The number of pyridine rings is 1. The van der Waals surface area contributed by atoms with Crippen LogP contribution in [-0.2, 0) is 4.74 Å². The fourth-order valence-corrected chi connectivity index (χ4v) is 2.15. The zero-order valence-electron chi connectivity index (χ0n) is 11.3. The number of hydrogen-bond acceptors (Lipinski definition) is 4. The first-order valence-corrected chi connectivity index (χ1v) is 6.66. The van der Waals surface area contributed by atoms with E-state index in [2.05, 4.69) is 17.2 Å². The second-order valence-corrected chi connectivity index (χ2v) is 5.00. The summed E-state index contributed by atoms with van der Waals surface area (Å²) in [6.07, 6.45) is 4.46. The third-order valence-corrected chi connectivity index (χ3v) is 3.02. The van der Waals surface area contributed by atoms with Gasteiger partial charge in [0.1, 0.15) is 0 Å². The Bertz CT molecular complexity index is 376. The van der Waals surface area contributed by atoms with Crippen LogP contribution in [0.4, 0.5) is 5.82 Å². The highest BCUT2D eigenvalue weighted by Gasteiger charge is 2.23. The molecule has 1 aromatic rings. The third-order valence-electron chi connectivity index (χ3n) is 3.02. The van der Waals surface area contributed by atoms with E-state index in [0.29, 0.717) is 0 Å². The predicted octanol–water partition coefficient (Wildman–Crippen LogP) is 2.85. The summed E-state index contributed by atoms with van der Waals surface area (Å²) in [6.45, 7) is 7.03. The van der Waals surface area contributed by atoms with Crippen molar-refractivity contribution in [2.24, 2.45) is 0 Å². The van der Waals surface area contributed by atoms with Gasteiger partial charge in [0, 0.05) is 12.8 Å². The molecule has 2 unspecified atom stereocenters. The second kappa shape index (κ2) is 6.05. The number of anilines is 1. The lowest BCUT2D eigenvalue weighted by Crippen LogP contribution is -2.30. The fourth-order valence-electron chi connectivity index (χ4n) is 2.15. The lowest BCUT2D eigenvalue weighted by Gasteiger charge is -2.22. The van der Waals surface area contributed by atoms with E-state index < -0.39 is 0 Å². The van der Waals surface area contributed by atoms with Gasteiger partial charge < -0.3 is 14.8 Å². The van der Waals surface area contributed by atoms with Crippen LogP contribution in [0.2, 0.25) is 0 Å². The zero-order valence-corrected chi connectivity index (χ0v) is 11.3. The van der Waals surface area contributed by atoms with Gasteiger partial charge in [0.15, 0.2) is 11.6 Å². The lowest BCUT2D eigenvalue weighted by molar-refractivity contribution is 0.0994. The molecule has 18 heavy (non-hydrogen) atoms. The second-order valence-electron chi connectivity index (χ2n) is 5.00. The molecule has 2 rings (SSSR count). The van der Waals surface area contributed by atoms with Gasteiger partial charge in [-0.1, -0.05) is 0 Å². The molecule has 1 saturated heterocycles. The normalized spacial score (nSPS) is 21.0. The average Bonchev–Trinajstić information content (AvgIpc) is 2.84. The maximum atomic E-state index is 5.74. The Morgan fingerprint density at radius 3 is 2.94 bits per heavy atom. The van der Waals surface area contributed by atoms with Crippen LogP contribution in [-0.4, -0.2) is 29.8 Å². The molecule has 0 saturated carbocycles. The van der Waals surface area contributed by atoms with Crippen molar-refractivity contribution in [2.75, 3.05) is 11.9 Å². The first-order valence-electron chi connectivity index (χ1n) is 6.66. The molecule has 1 aromatic heterocycles. The lowest BCUT2D eigenvalue weighted by atomic mass is 10.1. The SMILES string of the molecule is CC(C)Oc1cccnc1NC(C)C1CCCO1. The number of ether oxygens (including phenoxy) is 2. The monoisotopic (exact) mass is 250 g/mol. The minimum Gasteiger partial charge on any atom is -0.487 e. The highest BCUT2D eigenvalue weighted by Crippen LogP contribution is 2.25. The Morgan fingerprint density at radius 2 is 2.28 bits per heavy atom. The molecule has 0 amide bonds. The average molecular weight is 250 g/mol. The summed E-state index contributed by atoms with van der Waals surface area (Å²) in [5.74, 6) is 1.60. The predicted molar refractivity (Wildman–Crippen MR) is 72.1 cm³/mol. The minimum absolute atomic E-state index is 0.146. The maximum absolute atomic E-state index is 5.74. The highest BCUT2D eigenvalue weighted by atomic mass is 16.5. The van der Waals surface area contributed by atoms with Crippen LogP contribution in [0.5, 0.6) is 5.75 Å². The first-order chi connectivity index (χ1) is 8.66. The molecule has 2 atom stereocenters. The first kappa shape index (κ1) is 13.1. The van der Waals surface area contributed by atoms with E-state index in [9.17, 15) is 0 Å². The van der Waals surface area contributed by atoms with E-state index in [1.165, 1.54) is 0 Å². The highest BCUT2D eigenvalue weighted by molar-refractivity contribution is 5.50. The van der Waals surface area contributed by atoms with E-state index >= 15 is 0 Å². The number of aromatic nitrogens is 1. The van der Waals surface area contributed by atoms with Gasteiger partial charge in [-0.15, -0.1) is 0 Å². The van der Waals surface area contributed by atoms with Crippen molar-refractivity contribution in [1.82, 2.24) is 4.98 Å². The van der Waals surface area contributed by atoms with Crippen LogP contribution < -0.4 is 10.1 Å². The fraction of sp³-hybridized carbons (Fsp3) is 0.643. The van der Waals surface area contributed by atoms with Gasteiger partial charge in [0.25, 0.3) is 0 Å². The molecular weight excluding hydrogens is 228 g/mol. The van der Waals surface area contributed by atoms with Crippen molar-refractivity contribution in [3.8, 4) is 5.75 Å². The summed E-state index contributed by atoms with van der Waals surface area (Å²) in [4.78, 5) is 4.35. The van der Waals surface area contributed by atoms with Gasteiger partial charge in [-0.05, 0) is 45.7 Å². The molecular formula is C14H22N2O2. The number of nitrogens with one attached hydrogen (secondary N) is 1. The Kier molecular flexibility index (Phi) is 4.42. The molecule has 4 nitrogen and oxygen atoms in total. The Hall–Kier alpha value is -1.29. The summed E-state index contributed by atoms with van der Waals surface area (Å²) >= 11 is 0. The topological polar surface area (TPSA) is 43.4 Å². The summed E-state index contributed by atoms with van der Waals surface area (Å²) in [5.41, 5.74) is 0. The van der Waals surface area contributed by atoms with Gasteiger partial charge in [-0.2, -0.15) is 0 Å². The summed E-state index contributed by atoms with van der Waals surface area (Å²) in [6, 6.07) is 4.08. The van der Waals surface area contributed by atoms with E-state index in [-0.39, 0.29) is 18.2 Å². The van der Waals surface area contributed by atoms with Crippen molar-refractivity contribution in [3.05, 3.63) is 18.3 Å². The van der Waals surface area contributed by atoms with Gasteiger partial charge in [0.05, 0.1) is 18.2 Å². The van der Waals surface area contributed by atoms with E-state index in [1.54, 1.807) is 6.20 Å². The molecule has 0 aromatic carbocycles. The van der Waals surface area contributed by atoms with Crippen molar-refractivity contribution >= 4 is 5.82 Å². The number of nitrogens with zero attached hydrogens (tertiary/aromatic N) is 1. The molecule has 0 aliphatic carbocycles. The smallest absolute Gasteiger partial charge is 0.169 e. The van der Waals surface area contributed by atoms with Gasteiger partial charge in [-0.25, -0.2) is 4.98 Å². The Balaban J connectivity index is 2.03. The molecule has 1 fully saturated rings. The minimum atomic E-state index is 0.146. The van der Waals surface area contributed by atoms with Gasteiger partial charge >= 0.3 is 0 Å². The number of rotatable bonds is 5. The molecule has 0 radical (unpaired) electrons. The molecule has 1 N–H and O–H groups in total. The zero-order chi connectivity index (χ0) is 13.0. The van der Waals surface area contributed by atoms with Crippen molar-refractivity contribution in [1.29, 1.82) is 0 Å². The largest absolute Gasteiger partial charge is 0.487 e. The van der Waals surface area contributed by atoms with Crippen molar-refractivity contribution in [3.63, 3.8) is 0 Å². The third kappa shape index (κ3) is 3.35. The van der Waals surface area contributed by atoms with E-state index in [4.69, 9.17) is 9.47 Å². The van der Waals surface area contributed by atoms with Gasteiger partial charge in [0.2, 0.25) is 0 Å². The Morgan fingerprint density at radius 1 is 1.44 bits per heavy atom. The van der Waals surface area contributed by atoms with Crippen molar-refractivity contribution < 1.29 is 9.47 Å². The molecule has 0 spiro atoms. The van der Waals surface area contributed by atoms with Gasteiger partial charge in [-0.3, -0.25) is 0 Å². The quantitative estimate of drug-likeness (QED) is 0.872. The van der Waals surface area contributed by atoms with Crippen LogP contribution in [0.1, 0.15) is 33.6 Å². The van der Waals surface area contributed by atoms with E-state index in [0.717, 1.165) is 31.0 Å². The Labute approximate surface area is 109 Å². The van der Waals surface area contributed by atoms with Crippen LogP contribution in [0.3, 0.4) is 0 Å². The van der Waals surface area contributed by atoms with Crippen LogP contribution >= 0.6 is 0 Å². The van der Waals surface area contributed by atoms with Crippen LogP contribution in [0.15, 0.2) is 18.3 Å². The molecule has 0 bridgehead atoms. The van der Waals surface area contributed by atoms with Crippen LogP contribution in [0.25, 0.3) is 0 Å². The summed E-state index contributed by atoms with van der Waals surface area (Å²) in [7, 11) is 0. The summed E-state index contributed by atoms with van der Waals surface area (Å²) < 4.78 is 11.4. The van der Waals surface area contributed by atoms with Crippen molar-refractivity contribution in [2.45, 2.75) is 51.9 Å².